The first kappa shape index (κ1) is 20.4. The van der Waals surface area contributed by atoms with Gasteiger partial charge in [-0.2, -0.15) is 0 Å². The second-order valence-electron chi connectivity index (χ2n) is 5.97. The van der Waals surface area contributed by atoms with Crippen LogP contribution in [0.5, 0.6) is 5.75 Å². The molecule has 2 amide bonds. The maximum absolute atomic E-state index is 13.4. The van der Waals surface area contributed by atoms with Crippen LogP contribution in [0.1, 0.15) is 18.9 Å². The van der Waals surface area contributed by atoms with Gasteiger partial charge in [0.25, 0.3) is 0 Å². The standard InChI is InChI=1S/C20H22F2N2O3/c1-14(25)24(16-5-8-18(21)19(22)13-16)12-10-20(26)23-11-9-15-3-6-17(27-2)7-4-15/h3-8,13H,9-12H2,1-2H3,(H,23,26). The lowest BCUT2D eigenvalue weighted by Crippen LogP contribution is -2.34. The number of nitrogens with zero attached hydrogens (tertiary/aromatic N) is 1. The summed E-state index contributed by atoms with van der Waals surface area (Å²) in [4.78, 5) is 25.0. The number of halogens is 2. The molecule has 144 valence electrons. The van der Waals surface area contributed by atoms with Gasteiger partial charge in [-0.3, -0.25) is 9.59 Å². The Kier molecular flexibility index (Phi) is 7.28. The van der Waals surface area contributed by atoms with Crippen molar-refractivity contribution in [3.8, 4) is 5.75 Å². The summed E-state index contributed by atoms with van der Waals surface area (Å²) in [6.45, 7) is 1.84. The molecule has 1 N–H and O–H groups in total. The first-order valence-electron chi connectivity index (χ1n) is 8.53. The number of amides is 2. The van der Waals surface area contributed by atoms with E-state index >= 15 is 0 Å². The van der Waals surface area contributed by atoms with Crippen LogP contribution in [0.25, 0.3) is 0 Å². The topological polar surface area (TPSA) is 58.6 Å². The second kappa shape index (κ2) is 9.66. The van der Waals surface area contributed by atoms with E-state index in [0.29, 0.717) is 13.0 Å². The minimum absolute atomic E-state index is 0.0567. The van der Waals surface area contributed by atoms with Crippen LogP contribution in [0.4, 0.5) is 14.5 Å². The van der Waals surface area contributed by atoms with Crippen LogP contribution in [0.15, 0.2) is 42.5 Å². The van der Waals surface area contributed by atoms with Gasteiger partial charge >= 0.3 is 0 Å². The van der Waals surface area contributed by atoms with Gasteiger partial charge in [0.2, 0.25) is 11.8 Å². The molecule has 2 rings (SSSR count). The van der Waals surface area contributed by atoms with Crippen molar-refractivity contribution in [2.75, 3.05) is 25.1 Å². The molecule has 0 bridgehead atoms. The van der Waals surface area contributed by atoms with Gasteiger partial charge in [0.05, 0.1) is 7.11 Å². The molecule has 2 aromatic rings. The van der Waals surface area contributed by atoms with Crippen LogP contribution in [0.2, 0.25) is 0 Å². The summed E-state index contributed by atoms with van der Waals surface area (Å²) >= 11 is 0. The van der Waals surface area contributed by atoms with Crippen LogP contribution in [0, 0.1) is 11.6 Å². The zero-order valence-corrected chi connectivity index (χ0v) is 15.3. The number of ether oxygens (including phenoxy) is 1. The fraction of sp³-hybridized carbons (Fsp3) is 0.300. The van der Waals surface area contributed by atoms with Gasteiger partial charge < -0.3 is 15.0 Å². The third-order valence-corrected chi connectivity index (χ3v) is 4.05. The third kappa shape index (κ3) is 6.06. The Bertz CT molecular complexity index is 794. The average molecular weight is 376 g/mol. The Labute approximate surface area is 156 Å². The van der Waals surface area contributed by atoms with Gasteiger partial charge in [0.15, 0.2) is 11.6 Å². The normalized spacial score (nSPS) is 10.4. The molecule has 0 spiro atoms. The number of anilines is 1. The van der Waals surface area contributed by atoms with E-state index in [0.717, 1.165) is 23.4 Å². The van der Waals surface area contributed by atoms with E-state index in [1.807, 2.05) is 24.3 Å². The monoisotopic (exact) mass is 376 g/mol. The highest BCUT2D eigenvalue weighted by Crippen LogP contribution is 2.18. The van der Waals surface area contributed by atoms with Gasteiger partial charge in [-0.05, 0) is 36.2 Å². The summed E-state index contributed by atoms with van der Waals surface area (Å²) in [6, 6.07) is 10.7. The van der Waals surface area contributed by atoms with Gasteiger partial charge in [0, 0.05) is 38.2 Å². The van der Waals surface area contributed by atoms with Crippen LogP contribution in [-0.4, -0.2) is 32.0 Å². The van der Waals surface area contributed by atoms with Crippen molar-refractivity contribution in [3.63, 3.8) is 0 Å². The lowest BCUT2D eigenvalue weighted by molar-refractivity contribution is -0.121. The van der Waals surface area contributed by atoms with Crippen LogP contribution in [-0.2, 0) is 16.0 Å². The first-order valence-corrected chi connectivity index (χ1v) is 8.53. The Morgan fingerprint density at radius 2 is 1.78 bits per heavy atom. The zero-order valence-electron chi connectivity index (χ0n) is 15.3. The molecule has 0 radical (unpaired) electrons. The van der Waals surface area contributed by atoms with Gasteiger partial charge in [-0.15, -0.1) is 0 Å². The highest BCUT2D eigenvalue weighted by Gasteiger charge is 2.15. The number of rotatable bonds is 8. The van der Waals surface area contributed by atoms with Crippen molar-refractivity contribution in [2.24, 2.45) is 0 Å². The van der Waals surface area contributed by atoms with E-state index in [1.165, 1.54) is 17.9 Å². The van der Waals surface area contributed by atoms with Crippen molar-refractivity contribution < 1.29 is 23.1 Å². The molecular weight excluding hydrogens is 354 g/mol. The lowest BCUT2D eigenvalue weighted by Gasteiger charge is -2.21. The van der Waals surface area contributed by atoms with Gasteiger partial charge in [0.1, 0.15) is 5.75 Å². The summed E-state index contributed by atoms with van der Waals surface area (Å²) in [5, 5.41) is 2.78. The lowest BCUT2D eigenvalue weighted by atomic mass is 10.1. The van der Waals surface area contributed by atoms with Gasteiger partial charge in [-0.25, -0.2) is 8.78 Å². The number of hydrogen-bond acceptors (Lipinski definition) is 3. The van der Waals surface area contributed by atoms with Crippen molar-refractivity contribution in [2.45, 2.75) is 19.8 Å². The Hall–Kier alpha value is -2.96. The summed E-state index contributed by atoms with van der Waals surface area (Å²) in [6.07, 6.45) is 0.719. The maximum Gasteiger partial charge on any atom is 0.223 e. The number of carbonyl (C=O) groups excluding carboxylic acids is 2. The molecule has 0 saturated carbocycles. The smallest absolute Gasteiger partial charge is 0.223 e. The number of carbonyl (C=O) groups is 2. The summed E-state index contributed by atoms with van der Waals surface area (Å²) in [5.74, 6) is -1.84. The second-order valence-corrected chi connectivity index (χ2v) is 5.97. The number of hydrogen-bond donors (Lipinski definition) is 1. The van der Waals surface area contributed by atoms with E-state index in [9.17, 15) is 18.4 Å². The van der Waals surface area contributed by atoms with Crippen molar-refractivity contribution in [3.05, 3.63) is 59.7 Å². The maximum atomic E-state index is 13.4. The van der Waals surface area contributed by atoms with E-state index < -0.39 is 11.6 Å². The van der Waals surface area contributed by atoms with E-state index in [2.05, 4.69) is 5.32 Å². The number of methoxy groups -OCH3 is 1. The Morgan fingerprint density at radius 3 is 2.37 bits per heavy atom. The highest BCUT2D eigenvalue weighted by molar-refractivity contribution is 5.92. The largest absolute Gasteiger partial charge is 0.497 e. The summed E-state index contributed by atoms with van der Waals surface area (Å²) < 4.78 is 31.5. The molecule has 0 unspecified atom stereocenters. The summed E-state index contributed by atoms with van der Waals surface area (Å²) in [7, 11) is 1.60. The predicted molar refractivity (Wildman–Crippen MR) is 98.7 cm³/mol. The fourth-order valence-corrected chi connectivity index (χ4v) is 2.56. The number of nitrogens with one attached hydrogen (secondary N) is 1. The molecular formula is C20H22F2N2O3. The predicted octanol–water partition coefficient (Wildman–Crippen LogP) is 3.08. The first-order chi connectivity index (χ1) is 12.9. The average Bonchev–Trinajstić information content (AvgIpc) is 2.65. The molecule has 0 aliphatic rings. The van der Waals surface area contributed by atoms with Crippen LogP contribution >= 0.6 is 0 Å². The van der Waals surface area contributed by atoms with Crippen molar-refractivity contribution >= 4 is 17.5 Å². The molecule has 0 aromatic heterocycles. The number of benzene rings is 2. The third-order valence-electron chi connectivity index (χ3n) is 4.05. The molecule has 7 heteroatoms. The molecule has 0 saturated heterocycles. The van der Waals surface area contributed by atoms with Crippen molar-refractivity contribution in [1.82, 2.24) is 5.32 Å². The fourth-order valence-electron chi connectivity index (χ4n) is 2.56. The van der Waals surface area contributed by atoms with Crippen LogP contribution < -0.4 is 15.0 Å². The molecule has 0 aliphatic heterocycles. The Morgan fingerprint density at radius 1 is 1.07 bits per heavy atom. The quantitative estimate of drug-likeness (QED) is 0.770. The van der Waals surface area contributed by atoms with E-state index in [-0.39, 0.29) is 30.5 Å². The minimum Gasteiger partial charge on any atom is -0.497 e. The van der Waals surface area contributed by atoms with Crippen LogP contribution in [0.3, 0.4) is 0 Å². The molecule has 0 atom stereocenters. The van der Waals surface area contributed by atoms with Crippen molar-refractivity contribution in [1.29, 1.82) is 0 Å². The summed E-state index contributed by atoms with van der Waals surface area (Å²) in [5.41, 5.74) is 1.27. The van der Waals surface area contributed by atoms with Gasteiger partial charge in [-0.1, -0.05) is 12.1 Å². The highest BCUT2D eigenvalue weighted by atomic mass is 19.2. The molecule has 0 aliphatic carbocycles. The molecule has 27 heavy (non-hydrogen) atoms. The SMILES string of the molecule is COc1ccc(CCNC(=O)CCN(C(C)=O)c2ccc(F)c(F)c2)cc1. The van der Waals surface area contributed by atoms with E-state index in [1.54, 1.807) is 7.11 Å². The zero-order chi connectivity index (χ0) is 19.8. The van der Waals surface area contributed by atoms with E-state index in [4.69, 9.17) is 4.74 Å². The molecule has 0 fully saturated rings. The Balaban J connectivity index is 1.82. The minimum atomic E-state index is -1.04. The molecule has 2 aromatic carbocycles. The molecule has 5 nitrogen and oxygen atoms in total. The molecule has 0 heterocycles.